The summed E-state index contributed by atoms with van der Waals surface area (Å²) >= 11 is 0. The van der Waals surface area contributed by atoms with E-state index in [4.69, 9.17) is 4.84 Å². The van der Waals surface area contributed by atoms with E-state index in [0.29, 0.717) is 13.0 Å². The second-order valence-corrected chi connectivity index (χ2v) is 1.77. The summed E-state index contributed by atoms with van der Waals surface area (Å²) in [6.45, 7) is 0.569. The van der Waals surface area contributed by atoms with Crippen molar-refractivity contribution >= 4 is 5.91 Å². The Kier molecular flexibility index (Phi) is 2.02. The molecule has 9 heavy (non-hydrogen) atoms. The maximum absolute atomic E-state index is 10.7. The van der Waals surface area contributed by atoms with Gasteiger partial charge in [0, 0.05) is 6.42 Å². The van der Waals surface area contributed by atoms with Crippen LogP contribution < -0.4 is 0 Å². The SMILES string of the molecule is CON1OCCCC1=O. The lowest BCUT2D eigenvalue weighted by molar-refractivity contribution is -0.338. The Bertz CT molecular complexity index is 115. The molecule has 0 spiro atoms. The van der Waals surface area contributed by atoms with E-state index < -0.39 is 0 Å². The minimum Gasteiger partial charge on any atom is -0.270 e. The number of hydrogen-bond acceptors (Lipinski definition) is 3. The van der Waals surface area contributed by atoms with Gasteiger partial charge < -0.3 is 0 Å². The number of carbonyl (C=O) groups excluding carboxylic acids is 1. The molecule has 1 saturated heterocycles. The van der Waals surface area contributed by atoms with Gasteiger partial charge in [0.15, 0.2) is 0 Å². The quantitative estimate of drug-likeness (QED) is 0.506. The molecule has 0 aromatic heterocycles. The number of rotatable bonds is 1. The standard InChI is InChI=1S/C5H9NO3/c1-8-6-5(7)3-2-4-9-6/h2-4H2,1H3. The van der Waals surface area contributed by atoms with Crippen molar-refractivity contribution in [1.29, 1.82) is 0 Å². The summed E-state index contributed by atoms with van der Waals surface area (Å²) in [4.78, 5) is 20.1. The van der Waals surface area contributed by atoms with Crippen LogP contribution in [0.2, 0.25) is 0 Å². The van der Waals surface area contributed by atoms with E-state index in [1.807, 2.05) is 0 Å². The molecule has 0 aliphatic carbocycles. The Balaban J connectivity index is 2.39. The molecule has 1 aliphatic heterocycles. The summed E-state index contributed by atoms with van der Waals surface area (Å²) in [6, 6.07) is 0. The van der Waals surface area contributed by atoms with Crippen LogP contribution in [0.5, 0.6) is 0 Å². The average molecular weight is 131 g/mol. The van der Waals surface area contributed by atoms with Gasteiger partial charge in [-0.1, -0.05) is 5.23 Å². The third-order valence-corrected chi connectivity index (χ3v) is 1.11. The average Bonchev–Trinajstić information content (AvgIpc) is 1.89. The first kappa shape index (κ1) is 6.51. The predicted molar refractivity (Wildman–Crippen MR) is 29.0 cm³/mol. The fourth-order valence-corrected chi connectivity index (χ4v) is 0.689. The highest BCUT2D eigenvalue weighted by molar-refractivity contribution is 5.74. The molecule has 1 amide bonds. The molecule has 0 atom stereocenters. The van der Waals surface area contributed by atoms with Crippen LogP contribution in [-0.4, -0.2) is 24.9 Å². The van der Waals surface area contributed by atoms with Gasteiger partial charge in [-0.15, -0.1) is 0 Å². The highest BCUT2D eigenvalue weighted by Gasteiger charge is 2.18. The Labute approximate surface area is 53.2 Å². The monoisotopic (exact) mass is 131 g/mol. The van der Waals surface area contributed by atoms with Crippen molar-refractivity contribution in [3.05, 3.63) is 0 Å². The third-order valence-electron chi connectivity index (χ3n) is 1.11. The van der Waals surface area contributed by atoms with Crippen LogP contribution in [0.3, 0.4) is 0 Å². The van der Waals surface area contributed by atoms with Gasteiger partial charge in [0.05, 0.1) is 13.7 Å². The number of carbonyl (C=O) groups is 1. The predicted octanol–water partition coefficient (Wildman–Crippen LogP) is 0.102. The van der Waals surface area contributed by atoms with Crippen LogP contribution in [0, 0.1) is 0 Å². The van der Waals surface area contributed by atoms with E-state index in [2.05, 4.69) is 4.84 Å². The lowest BCUT2D eigenvalue weighted by Gasteiger charge is -2.21. The lowest BCUT2D eigenvalue weighted by Crippen LogP contribution is -2.34. The van der Waals surface area contributed by atoms with Crippen LogP contribution in [-0.2, 0) is 14.5 Å². The number of nitrogens with zero attached hydrogens (tertiary/aromatic N) is 1. The minimum absolute atomic E-state index is 0.108. The smallest absolute Gasteiger partial charge is 0.270 e. The molecule has 0 N–H and O–H groups in total. The zero-order chi connectivity index (χ0) is 6.69. The summed E-state index contributed by atoms with van der Waals surface area (Å²) < 4.78 is 0. The highest BCUT2D eigenvalue weighted by atomic mass is 16.9. The first-order chi connectivity index (χ1) is 4.34. The van der Waals surface area contributed by atoms with Crippen molar-refractivity contribution < 1.29 is 14.5 Å². The summed E-state index contributed by atoms with van der Waals surface area (Å²) in [7, 11) is 1.41. The van der Waals surface area contributed by atoms with Gasteiger partial charge in [-0.25, -0.2) is 9.68 Å². The zero-order valence-electron chi connectivity index (χ0n) is 5.29. The molecular weight excluding hydrogens is 122 g/mol. The fourth-order valence-electron chi connectivity index (χ4n) is 0.689. The molecule has 4 nitrogen and oxygen atoms in total. The van der Waals surface area contributed by atoms with Gasteiger partial charge in [-0.3, -0.25) is 4.79 Å². The lowest BCUT2D eigenvalue weighted by atomic mass is 10.3. The van der Waals surface area contributed by atoms with E-state index in [9.17, 15) is 4.79 Å². The Hall–Kier alpha value is -0.610. The molecule has 0 aromatic carbocycles. The van der Waals surface area contributed by atoms with Crippen molar-refractivity contribution in [2.24, 2.45) is 0 Å². The molecular formula is C5H9NO3. The van der Waals surface area contributed by atoms with Crippen molar-refractivity contribution in [3.63, 3.8) is 0 Å². The molecule has 0 bridgehead atoms. The molecule has 52 valence electrons. The van der Waals surface area contributed by atoms with Crippen LogP contribution in [0.1, 0.15) is 12.8 Å². The van der Waals surface area contributed by atoms with Gasteiger partial charge in [-0.05, 0) is 6.42 Å². The molecule has 0 unspecified atom stereocenters. The van der Waals surface area contributed by atoms with E-state index in [1.165, 1.54) is 7.11 Å². The summed E-state index contributed by atoms with van der Waals surface area (Å²) in [5, 5.41) is 0.920. The van der Waals surface area contributed by atoms with Crippen LogP contribution >= 0.6 is 0 Å². The number of hydroxylamine groups is 2. The molecule has 1 heterocycles. The van der Waals surface area contributed by atoms with Gasteiger partial charge in [-0.2, -0.15) is 0 Å². The third kappa shape index (κ3) is 1.40. The molecule has 1 rings (SSSR count). The number of amides is 1. The van der Waals surface area contributed by atoms with Crippen LogP contribution in [0.4, 0.5) is 0 Å². The Morgan fingerprint density at radius 3 is 3.00 bits per heavy atom. The van der Waals surface area contributed by atoms with Crippen molar-refractivity contribution in [2.75, 3.05) is 13.7 Å². The summed E-state index contributed by atoms with van der Waals surface area (Å²) in [5.41, 5.74) is 0. The van der Waals surface area contributed by atoms with E-state index in [-0.39, 0.29) is 5.91 Å². The Morgan fingerprint density at radius 1 is 1.78 bits per heavy atom. The van der Waals surface area contributed by atoms with E-state index in [0.717, 1.165) is 11.6 Å². The fraction of sp³-hybridized carbons (Fsp3) is 0.800. The van der Waals surface area contributed by atoms with Gasteiger partial charge in [0.1, 0.15) is 0 Å². The topological polar surface area (TPSA) is 38.8 Å². The van der Waals surface area contributed by atoms with Gasteiger partial charge >= 0.3 is 0 Å². The van der Waals surface area contributed by atoms with Crippen molar-refractivity contribution in [1.82, 2.24) is 5.23 Å². The summed E-state index contributed by atoms with van der Waals surface area (Å²) in [6.07, 6.45) is 1.31. The van der Waals surface area contributed by atoms with Gasteiger partial charge in [0.25, 0.3) is 5.91 Å². The zero-order valence-corrected chi connectivity index (χ0v) is 5.29. The van der Waals surface area contributed by atoms with E-state index in [1.54, 1.807) is 0 Å². The van der Waals surface area contributed by atoms with Crippen LogP contribution in [0.25, 0.3) is 0 Å². The first-order valence-electron chi connectivity index (χ1n) is 2.84. The maximum atomic E-state index is 10.7. The summed E-state index contributed by atoms with van der Waals surface area (Å²) in [5.74, 6) is -0.108. The highest BCUT2D eigenvalue weighted by Crippen LogP contribution is 2.06. The number of hydrogen-bond donors (Lipinski definition) is 0. The maximum Gasteiger partial charge on any atom is 0.273 e. The molecule has 0 aromatic rings. The van der Waals surface area contributed by atoms with Crippen LogP contribution in [0.15, 0.2) is 0 Å². The molecule has 1 fully saturated rings. The van der Waals surface area contributed by atoms with E-state index >= 15 is 0 Å². The van der Waals surface area contributed by atoms with Crippen molar-refractivity contribution in [3.8, 4) is 0 Å². The largest absolute Gasteiger partial charge is 0.273 e. The molecule has 1 aliphatic rings. The molecule has 4 heteroatoms. The second-order valence-electron chi connectivity index (χ2n) is 1.77. The minimum atomic E-state index is -0.108. The normalized spacial score (nSPS) is 20.6. The molecule has 0 radical (unpaired) electrons. The van der Waals surface area contributed by atoms with Gasteiger partial charge in [0.2, 0.25) is 0 Å². The molecule has 0 saturated carbocycles. The first-order valence-corrected chi connectivity index (χ1v) is 2.84. The van der Waals surface area contributed by atoms with Crippen molar-refractivity contribution in [2.45, 2.75) is 12.8 Å². The Morgan fingerprint density at radius 2 is 2.56 bits per heavy atom. The second kappa shape index (κ2) is 2.80.